The van der Waals surface area contributed by atoms with Gasteiger partial charge in [-0.05, 0) is 24.2 Å². The molecule has 2 unspecified atom stereocenters. The molecule has 0 saturated carbocycles. The summed E-state index contributed by atoms with van der Waals surface area (Å²) in [5.41, 5.74) is 2.74. The van der Waals surface area contributed by atoms with E-state index < -0.39 is 0 Å². The minimum absolute atomic E-state index is 0.574. The molecule has 94 valence electrons. The van der Waals surface area contributed by atoms with Gasteiger partial charge in [0.25, 0.3) is 0 Å². The van der Waals surface area contributed by atoms with Crippen molar-refractivity contribution in [2.24, 2.45) is 28.6 Å². The van der Waals surface area contributed by atoms with E-state index in [0.29, 0.717) is 11.8 Å². The first-order valence-electron chi connectivity index (χ1n) is 6.30. The number of rotatable bonds is 2. The van der Waals surface area contributed by atoms with Gasteiger partial charge in [0.05, 0.1) is 0 Å². The highest BCUT2D eigenvalue weighted by molar-refractivity contribution is 5.79. The summed E-state index contributed by atoms with van der Waals surface area (Å²) in [4.78, 5) is 6.80. The minimum atomic E-state index is 0.574. The van der Waals surface area contributed by atoms with E-state index in [1.807, 2.05) is 0 Å². The van der Waals surface area contributed by atoms with Crippen LogP contribution in [0.4, 0.5) is 0 Å². The number of nitrogens with one attached hydrogen (secondary N) is 1. The maximum atomic E-state index is 5.55. The lowest BCUT2D eigenvalue weighted by Crippen LogP contribution is -2.50. The zero-order valence-corrected chi connectivity index (χ0v) is 11.0. The molecule has 1 aliphatic rings. The predicted molar refractivity (Wildman–Crippen MR) is 69.0 cm³/mol. The van der Waals surface area contributed by atoms with E-state index in [0.717, 1.165) is 31.5 Å². The van der Waals surface area contributed by atoms with Crippen molar-refractivity contribution in [3.8, 4) is 0 Å². The molecule has 1 saturated heterocycles. The maximum absolute atomic E-state index is 5.55. The van der Waals surface area contributed by atoms with E-state index >= 15 is 0 Å². The quantitative estimate of drug-likeness (QED) is 0.324. The fourth-order valence-electron chi connectivity index (χ4n) is 1.96. The summed E-state index contributed by atoms with van der Waals surface area (Å²) < 4.78 is 0. The zero-order valence-electron chi connectivity index (χ0n) is 11.0. The third kappa shape index (κ3) is 3.67. The molecule has 1 heterocycles. The number of nitrogens with two attached hydrogens (primary N) is 1. The molecule has 1 rings (SSSR count). The molecule has 16 heavy (non-hydrogen) atoms. The molecule has 0 bridgehead atoms. The first-order chi connectivity index (χ1) is 7.54. The van der Waals surface area contributed by atoms with Crippen LogP contribution in [-0.4, -0.2) is 30.5 Å². The van der Waals surface area contributed by atoms with Crippen LogP contribution < -0.4 is 11.3 Å². The fourth-order valence-corrected chi connectivity index (χ4v) is 1.96. The molecule has 1 fully saturated rings. The van der Waals surface area contributed by atoms with E-state index in [-0.39, 0.29) is 0 Å². The molecule has 4 nitrogen and oxygen atoms in total. The van der Waals surface area contributed by atoms with E-state index in [9.17, 15) is 0 Å². The molecule has 0 aliphatic carbocycles. The van der Waals surface area contributed by atoms with Crippen LogP contribution in [0.25, 0.3) is 0 Å². The van der Waals surface area contributed by atoms with Crippen molar-refractivity contribution < 1.29 is 0 Å². The Morgan fingerprint density at radius 1 is 1.44 bits per heavy atom. The summed E-state index contributed by atoms with van der Waals surface area (Å²) >= 11 is 0. The van der Waals surface area contributed by atoms with Gasteiger partial charge in [-0.2, -0.15) is 0 Å². The summed E-state index contributed by atoms with van der Waals surface area (Å²) in [7, 11) is 0. The second-order valence-electron chi connectivity index (χ2n) is 5.39. The topological polar surface area (TPSA) is 53.6 Å². The van der Waals surface area contributed by atoms with Gasteiger partial charge in [-0.15, -0.1) is 0 Å². The van der Waals surface area contributed by atoms with Gasteiger partial charge in [0.15, 0.2) is 0 Å². The molecule has 0 aromatic rings. The molecule has 3 N–H and O–H groups in total. The van der Waals surface area contributed by atoms with Crippen LogP contribution in [0.3, 0.4) is 0 Å². The van der Waals surface area contributed by atoms with Crippen molar-refractivity contribution in [1.82, 2.24) is 10.3 Å². The highest BCUT2D eigenvalue weighted by atomic mass is 15.4. The van der Waals surface area contributed by atoms with Crippen LogP contribution in [0.2, 0.25) is 0 Å². The van der Waals surface area contributed by atoms with Gasteiger partial charge in [0.1, 0.15) is 0 Å². The molecule has 4 heteroatoms. The van der Waals surface area contributed by atoms with Gasteiger partial charge in [-0.25, -0.2) is 5.84 Å². The lowest BCUT2D eigenvalue weighted by atomic mass is 9.89. The van der Waals surface area contributed by atoms with Crippen molar-refractivity contribution in [3.05, 3.63) is 0 Å². The number of hydrazine groups is 1. The highest BCUT2D eigenvalue weighted by Crippen LogP contribution is 2.22. The molecule has 0 aromatic heterocycles. The number of likely N-dealkylation sites (tertiary alicyclic amines) is 1. The monoisotopic (exact) mass is 226 g/mol. The molecule has 0 amide bonds. The summed E-state index contributed by atoms with van der Waals surface area (Å²) in [5, 5.41) is 0. The highest BCUT2D eigenvalue weighted by Gasteiger charge is 2.24. The van der Waals surface area contributed by atoms with Gasteiger partial charge < -0.3 is 4.90 Å². The summed E-state index contributed by atoms with van der Waals surface area (Å²) in [5.74, 6) is 8.50. The lowest BCUT2D eigenvalue weighted by Gasteiger charge is -2.36. The average Bonchev–Trinajstić information content (AvgIpc) is 2.23. The smallest absolute Gasteiger partial charge is 0.208 e. The number of nitrogens with zero attached hydrogens (tertiary/aromatic N) is 2. The predicted octanol–water partition coefficient (Wildman–Crippen LogP) is 1.44. The zero-order chi connectivity index (χ0) is 12.1. The molecular formula is C12H26N4. The van der Waals surface area contributed by atoms with Gasteiger partial charge in [0.2, 0.25) is 5.96 Å². The third-order valence-corrected chi connectivity index (χ3v) is 3.37. The first kappa shape index (κ1) is 13.3. The Balaban J connectivity index is 2.56. The van der Waals surface area contributed by atoms with Gasteiger partial charge in [0, 0.05) is 19.6 Å². The van der Waals surface area contributed by atoms with Crippen LogP contribution in [0, 0.1) is 17.8 Å². The van der Waals surface area contributed by atoms with Gasteiger partial charge >= 0.3 is 0 Å². The Morgan fingerprint density at radius 3 is 2.62 bits per heavy atom. The van der Waals surface area contributed by atoms with Crippen LogP contribution in [-0.2, 0) is 0 Å². The van der Waals surface area contributed by atoms with Crippen LogP contribution in [0.5, 0.6) is 0 Å². The van der Waals surface area contributed by atoms with Crippen LogP contribution >= 0.6 is 0 Å². The van der Waals surface area contributed by atoms with Crippen molar-refractivity contribution in [1.29, 1.82) is 0 Å². The Hall–Kier alpha value is -0.770. The van der Waals surface area contributed by atoms with Crippen molar-refractivity contribution in [2.75, 3.05) is 19.6 Å². The minimum Gasteiger partial charge on any atom is -0.342 e. The molecule has 0 radical (unpaired) electrons. The summed E-state index contributed by atoms with van der Waals surface area (Å²) in [6, 6.07) is 0. The SMILES string of the molecule is CC(C)CN=C(NN)N1CCC(C)C(C)C1. The van der Waals surface area contributed by atoms with Crippen molar-refractivity contribution in [3.63, 3.8) is 0 Å². The maximum Gasteiger partial charge on any atom is 0.208 e. The van der Waals surface area contributed by atoms with E-state index in [1.165, 1.54) is 6.42 Å². The Bertz CT molecular complexity index is 237. The number of hydrogen-bond acceptors (Lipinski definition) is 2. The van der Waals surface area contributed by atoms with E-state index in [1.54, 1.807) is 0 Å². The Kier molecular flexibility index (Phi) is 5.06. The standard InChI is InChI=1S/C12H26N4/c1-9(2)7-14-12(15-13)16-6-5-10(3)11(4)8-16/h9-11H,5-8,13H2,1-4H3,(H,14,15). The second-order valence-corrected chi connectivity index (χ2v) is 5.39. The van der Waals surface area contributed by atoms with E-state index in [2.05, 4.69) is 43.0 Å². The third-order valence-electron chi connectivity index (χ3n) is 3.37. The molecule has 0 aromatic carbocycles. The summed E-state index contributed by atoms with van der Waals surface area (Å²) in [6.45, 7) is 11.9. The average molecular weight is 226 g/mol. The molecule has 1 aliphatic heterocycles. The number of piperidine rings is 1. The van der Waals surface area contributed by atoms with Crippen LogP contribution in [0.15, 0.2) is 4.99 Å². The Labute approximate surface area is 99.3 Å². The number of hydrogen-bond donors (Lipinski definition) is 2. The second kappa shape index (κ2) is 6.09. The molecule has 0 spiro atoms. The molecule has 2 atom stereocenters. The van der Waals surface area contributed by atoms with Gasteiger partial charge in [-0.1, -0.05) is 27.7 Å². The molecular weight excluding hydrogens is 200 g/mol. The van der Waals surface area contributed by atoms with Crippen molar-refractivity contribution in [2.45, 2.75) is 34.1 Å². The van der Waals surface area contributed by atoms with Gasteiger partial charge in [-0.3, -0.25) is 10.4 Å². The summed E-state index contributed by atoms with van der Waals surface area (Å²) in [6.07, 6.45) is 1.23. The number of aliphatic imine (C=N–C) groups is 1. The first-order valence-corrected chi connectivity index (χ1v) is 6.30. The van der Waals surface area contributed by atoms with E-state index in [4.69, 9.17) is 5.84 Å². The lowest BCUT2D eigenvalue weighted by molar-refractivity contribution is 0.199. The fraction of sp³-hybridized carbons (Fsp3) is 0.917. The van der Waals surface area contributed by atoms with Crippen molar-refractivity contribution >= 4 is 5.96 Å². The van der Waals surface area contributed by atoms with Crippen LogP contribution in [0.1, 0.15) is 34.1 Å². The number of guanidine groups is 1. The Morgan fingerprint density at radius 2 is 2.12 bits per heavy atom. The normalized spacial score (nSPS) is 27.4. The largest absolute Gasteiger partial charge is 0.342 e.